The molecule has 4 rings (SSSR count). The largest absolute Gasteiger partial charge is 0.490 e. The first-order valence-corrected chi connectivity index (χ1v) is 9.79. The van der Waals surface area contributed by atoms with Crippen molar-refractivity contribution >= 4 is 17.4 Å². The number of anilines is 1. The minimum Gasteiger partial charge on any atom is -0.490 e. The van der Waals surface area contributed by atoms with E-state index in [2.05, 4.69) is 25.4 Å². The van der Waals surface area contributed by atoms with Crippen molar-refractivity contribution in [3.05, 3.63) is 42.5 Å². The van der Waals surface area contributed by atoms with E-state index in [1.165, 1.54) is 0 Å². The second-order valence-electron chi connectivity index (χ2n) is 6.75. The van der Waals surface area contributed by atoms with E-state index in [-0.39, 0.29) is 11.9 Å². The third-order valence-corrected chi connectivity index (χ3v) is 4.83. The van der Waals surface area contributed by atoms with Crippen LogP contribution >= 0.6 is 0 Å². The van der Waals surface area contributed by atoms with E-state index in [0.29, 0.717) is 42.5 Å². The number of carbonyl (C=O) groups excluding carboxylic acids is 1. The highest BCUT2D eigenvalue weighted by Crippen LogP contribution is 2.29. The molecule has 1 saturated heterocycles. The summed E-state index contributed by atoms with van der Waals surface area (Å²) < 4.78 is 13.0. The Labute approximate surface area is 168 Å². The molecule has 1 atom stereocenters. The highest BCUT2D eigenvalue weighted by Gasteiger charge is 2.27. The van der Waals surface area contributed by atoms with Crippen LogP contribution in [-0.4, -0.2) is 57.8 Å². The minimum atomic E-state index is -0.130. The van der Waals surface area contributed by atoms with Gasteiger partial charge in [-0.25, -0.2) is 4.98 Å². The maximum atomic E-state index is 12.8. The zero-order chi connectivity index (χ0) is 20.2. The van der Waals surface area contributed by atoms with Gasteiger partial charge in [0.25, 0.3) is 5.91 Å². The molecule has 9 nitrogen and oxygen atoms in total. The Balaban J connectivity index is 1.44. The molecule has 1 aromatic carbocycles. The molecule has 1 N–H and O–H groups in total. The summed E-state index contributed by atoms with van der Waals surface area (Å²) >= 11 is 0. The van der Waals surface area contributed by atoms with Gasteiger partial charge in [-0.1, -0.05) is 0 Å². The third kappa shape index (κ3) is 3.94. The molecule has 1 amide bonds. The van der Waals surface area contributed by atoms with Crippen LogP contribution < -0.4 is 19.7 Å². The molecule has 3 aromatic rings. The SMILES string of the molecule is CCOc1ccc(C(=O)N[C@H]2CCN(c3nccn4cnnc34)C2)cc1OCC. The number of fused-ring (bicyclic) bond motifs is 1. The average molecular weight is 396 g/mol. The molecular weight excluding hydrogens is 372 g/mol. The summed E-state index contributed by atoms with van der Waals surface area (Å²) in [5, 5.41) is 11.2. The number of benzene rings is 1. The molecule has 1 fully saturated rings. The van der Waals surface area contributed by atoms with Gasteiger partial charge in [0.15, 0.2) is 17.3 Å². The standard InChI is InChI=1S/C20H24N6O3/c1-3-28-16-6-5-14(11-17(16)29-4-2)20(27)23-15-7-9-25(12-15)18-19-24-22-13-26(19)10-8-21-18/h5-6,8,10-11,13,15H,3-4,7,9,12H2,1-2H3,(H,23,27)/t15-/m0/s1. The van der Waals surface area contributed by atoms with Crippen LogP contribution in [0.25, 0.3) is 5.65 Å². The second-order valence-corrected chi connectivity index (χ2v) is 6.75. The Morgan fingerprint density at radius 2 is 2.07 bits per heavy atom. The summed E-state index contributed by atoms with van der Waals surface area (Å²) in [6.07, 6.45) is 6.03. The minimum absolute atomic E-state index is 0.0228. The number of hydrogen-bond acceptors (Lipinski definition) is 7. The Kier molecular flexibility index (Phi) is 5.46. The lowest BCUT2D eigenvalue weighted by Gasteiger charge is -2.18. The van der Waals surface area contributed by atoms with Gasteiger partial charge in [0.1, 0.15) is 6.33 Å². The van der Waals surface area contributed by atoms with Crippen molar-refractivity contribution in [2.45, 2.75) is 26.3 Å². The quantitative estimate of drug-likeness (QED) is 0.652. The normalized spacial score (nSPS) is 16.2. The zero-order valence-corrected chi connectivity index (χ0v) is 16.5. The molecule has 29 heavy (non-hydrogen) atoms. The number of rotatable bonds is 7. The molecule has 9 heteroatoms. The van der Waals surface area contributed by atoms with Crippen molar-refractivity contribution in [3.8, 4) is 11.5 Å². The summed E-state index contributed by atoms with van der Waals surface area (Å²) in [7, 11) is 0. The van der Waals surface area contributed by atoms with Crippen LogP contribution in [0.4, 0.5) is 5.82 Å². The first-order chi connectivity index (χ1) is 14.2. The Morgan fingerprint density at radius 3 is 2.90 bits per heavy atom. The number of carbonyl (C=O) groups is 1. The Hall–Kier alpha value is -3.36. The fourth-order valence-corrected chi connectivity index (χ4v) is 3.50. The Bertz CT molecular complexity index is 1000. The fraction of sp³-hybridized carbons (Fsp3) is 0.400. The van der Waals surface area contributed by atoms with E-state index in [4.69, 9.17) is 9.47 Å². The predicted molar refractivity (Wildman–Crippen MR) is 108 cm³/mol. The average Bonchev–Trinajstić information content (AvgIpc) is 3.38. The first-order valence-electron chi connectivity index (χ1n) is 9.79. The maximum absolute atomic E-state index is 12.8. The highest BCUT2D eigenvalue weighted by atomic mass is 16.5. The molecule has 3 heterocycles. The first kappa shape index (κ1) is 19.0. The van der Waals surface area contributed by atoms with Gasteiger partial charge in [0, 0.05) is 37.1 Å². The number of hydrogen-bond donors (Lipinski definition) is 1. The zero-order valence-electron chi connectivity index (χ0n) is 16.5. The van der Waals surface area contributed by atoms with Gasteiger partial charge in [-0.2, -0.15) is 0 Å². The van der Waals surface area contributed by atoms with E-state index in [9.17, 15) is 4.79 Å². The van der Waals surface area contributed by atoms with Gasteiger partial charge in [-0.15, -0.1) is 10.2 Å². The number of nitrogens with zero attached hydrogens (tertiary/aromatic N) is 5. The van der Waals surface area contributed by atoms with Crippen LogP contribution in [0.5, 0.6) is 11.5 Å². The number of nitrogens with one attached hydrogen (secondary N) is 1. The van der Waals surface area contributed by atoms with Gasteiger partial charge in [-0.05, 0) is 38.5 Å². The molecule has 0 aliphatic carbocycles. The van der Waals surface area contributed by atoms with Crippen molar-refractivity contribution < 1.29 is 14.3 Å². The lowest BCUT2D eigenvalue weighted by atomic mass is 10.1. The van der Waals surface area contributed by atoms with Crippen LogP contribution in [0.15, 0.2) is 36.9 Å². The molecule has 1 aliphatic heterocycles. The topological polar surface area (TPSA) is 93.9 Å². The van der Waals surface area contributed by atoms with E-state index >= 15 is 0 Å². The van der Waals surface area contributed by atoms with Crippen molar-refractivity contribution in [3.63, 3.8) is 0 Å². The summed E-state index contributed by atoms with van der Waals surface area (Å²) in [6.45, 7) is 6.31. The third-order valence-electron chi connectivity index (χ3n) is 4.83. The van der Waals surface area contributed by atoms with Crippen LogP contribution in [0, 0.1) is 0 Å². The molecule has 0 radical (unpaired) electrons. The maximum Gasteiger partial charge on any atom is 0.251 e. The van der Waals surface area contributed by atoms with Crippen molar-refractivity contribution in [2.24, 2.45) is 0 Å². The van der Waals surface area contributed by atoms with Crippen molar-refractivity contribution in [1.82, 2.24) is 24.9 Å². The van der Waals surface area contributed by atoms with Crippen LogP contribution in [0.3, 0.4) is 0 Å². The molecular formula is C20H24N6O3. The van der Waals surface area contributed by atoms with Crippen LogP contribution in [0.1, 0.15) is 30.6 Å². The Morgan fingerprint density at radius 1 is 1.24 bits per heavy atom. The lowest BCUT2D eigenvalue weighted by Crippen LogP contribution is -2.37. The summed E-state index contributed by atoms with van der Waals surface area (Å²) in [6, 6.07) is 5.29. The smallest absolute Gasteiger partial charge is 0.251 e. The predicted octanol–water partition coefficient (Wildman–Crippen LogP) is 1.93. The molecule has 0 unspecified atom stereocenters. The molecule has 0 spiro atoms. The van der Waals surface area contributed by atoms with E-state index < -0.39 is 0 Å². The summed E-state index contributed by atoms with van der Waals surface area (Å²) in [5.41, 5.74) is 1.26. The van der Waals surface area contributed by atoms with Crippen LogP contribution in [-0.2, 0) is 0 Å². The van der Waals surface area contributed by atoms with Gasteiger partial charge in [-0.3, -0.25) is 9.20 Å². The van der Waals surface area contributed by atoms with Crippen molar-refractivity contribution in [2.75, 3.05) is 31.2 Å². The molecule has 0 saturated carbocycles. The molecule has 152 valence electrons. The highest BCUT2D eigenvalue weighted by molar-refractivity contribution is 5.95. The van der Waals surface area contributed by atoms with Crippen LogP contribution in [0.2, 0.25) is 0 Å². The molecule has 2 aromatic heterocycles. The van der Waals surface area contributed by atoms with E-state index in [1.807, 2.05) is 24.4 Å². The molecule has 1 aliphatic rings. The summed E-state index contributed by atoms with van der Waals surface area (Å²) in [5.74, 6) is 1.87. The van der Waals surface area contributed by atoms with E-state index in [0.717, 1.165) is 18.8 Å². The van der Waals surface area contributed by atoms with Gasteiger partial charge in [0.2, 0.25) is 5.65 Å². The summed E-state index contributed by atoms with van der Waals surface area (Å²) in [4.78, 5) is 19.3. The lowest BCUT2D eigenvalue weighted by molar-refractivity contribution is 0.0940. The van der Waals surface area contributed by atoms with Gasteiger partial charge < -0.3 is 19.7 Å². The monoisotopic (exact) mass is 396 g/mol. The number of ether oxygens (including phenoxy) is 2. The van der Waals surface area contributed by atoms with Gasteiger partial charge >= 0.3 is 0 Å². The van der Waals surface area contributed by atoms with E-state index in [1.54, 1.807) is 30.7 Å². The number of aromatic nitrogens is 4. The number of amides is 1. The second kappa shape index (κ2) is 8.34. The van der Waals surface area contributed by atoms with Crippen molar-refractivity contribution in [1.29, 1.82) is 0 Å². The fourth-order valence-electron chi connectivity index (χ4n) is 3.50. The van der Waals surface area contributed by atoms with Gasteiger partial charge in [0.05, 0.1) is 13.2 Å². The molecule has 0 bridgehead atoms.